The third-order valence-corrected chi connectivity index (χ3v) is 0. The first kappa shape index (κ1) is 4400. The molecule has 0 aliphatic heterocycles. The van der Waals surface area contributed by atoms with Crippen LogP contribution in [-0.2, 0) is 0 Å². The van der Waals surface area contributed by atoms with Crippen LogP contribution in [0.4, 0.5) is 0 Å². The summed E-state index contributed by atoms with van der Waals surface area (Å²) in [6, 6.07) is 0. The van der Waals surface area contributed by atoms with Crippen LogP contribution < -0.4 is 6.15 Å². The minimum Gasteiger partial charge on any atom is -0.344 e. The van der Waals surface area contributed by atoms with Gasteiger partial charge in [0.25, 0.3) is 0 Å². The van der Waals surface area contributed by atoms with Gasteiger partial charge in [-0.1, -0.05) is 59.4 Å². The lowest BCUT2D eigenvalue weighted by Crippen LogP contribution is -0.481. The highest BCUT2D eigenvalue weighted by molar-refractivity contribution is 5.85. The molecule has 0 radical (unpaired) electrons. The van der Waals surface area contributed by atoms with Gasteiger partial charge in [-0.2, -0.15) is 0 Å². The average Bonchev–Trinajstić information content (AvgIpc) is 0. The Hall–Kier alpha value is 0.540. The van der Waals surface area contributed by atoms with Gasteiger partial charge < -0.3 is 6.15 Å². The van der Waals surface area contributed by atoms with Crippen molar-refractivity contribution in [2.75, 3.05) is 0 Å². The SMILES string of the molecule is C.C.C.C.C.C.C.C.Cl.Cl.N. The summed E-state index contributed by atoms with van der Waals surface area (Å²) in [5.74, 6) is 0. The van der Waals surface area contributed by atoms with Crippen LogP contribution in [0.15, 0.2) is 0 Å². The third kappa shape index (κ3) is 2640. The second kappa shape index (κ2) is 3290. The first-order valence-electron chi connectivity index (χ1n) is 0. The Morgan fingerprint density at radius 2 is 0.273 bits per heavy atom. The van der Waals surface area contributed by atoms with E-state index in [2.05, 4.69) is 0 Å². The topological polar surface area (TPSA) is 35.0 Å². The van der Waals surface area contributed by atoms with Crippen LogP contribution in [-0.4, -0.2) is 0 Å². The minimum absolute atomic E-state index is 0. The summed E-state index contributed by atoms with van der Waals surface area (Å²) >= 11 is 0. The monoisotopic (exact) mass is 217 g/mol. The molecule has 88 valence electrons. The maximum Gasteiger partial charge on any atom is -0.0776 e. The largest absolute Gasteiger partial charge is 0.344 e. The van der Waals surface area contributed by atoms with Crippen molar-refractivity contribution in [3.8, 4) is 0 Å². The van der Waals surface area contributed by atoms with Crippen LogP contribution in [0.1, 0.15) is 59.4 Å². The molecular formula is C8H37Cl2N. The summed E-state index contributed by atoms with van der Waals surface area (Å²) < 4.78 is 0. The molecule has 0 aromatic heterocycles. The molecule has 0 rings (SSSR count). The van der Waals surface area contributed by atoms with E-state index in [4.69, 9.17) is 0 Å². The van der Waals surface area contributed by atoms with Gasteiger partial charge >= 0.3 is 0 Å². The van der Waals surface area contributed by atoms with Crippen LogP contribution >= 0.6 is 24.8 Å². The maximum absolute atomic E-state index is 0. The molecule has 0 fully saturated rings. The van der Waals surface area contributed by atoms with Crippen LogP contribution in [0, 0.1) is 0 Å². The number of hydrogen-bond donors (Lipinski definition) is 1. The number of hydrogen-bond acceptors (Lipinski definition) is 1. The molecule has 0 unspecified atom stereocenters. The van der Waals surface area contributed by atoms with Crippen molar-refractivity contribution in [3.05, 3.63) is 0 Å². The molecule has 0 aromatic carbocycles. The molecule has 1 nitrogen and oxygen atoms in total. The zero-order valence-electron chi connectivity index (χ0n) is 1.52. The second-order valence-corrected chi connectivity index (χ2v) is 0. The first-order chi connectivity index (χ1) is 0. The summed E-state index contributed by atoms with van der Waals surface area (Å²) in [5.41, 5.74) is 0. The van der Waals surface area contributed by atoms with Gasteiger partial charge in [-0.05, 0) is 0 Å². The normalized spacial score (nSPS) is 0. The fourth-order valence-electron chi connectivity index (χ4n) is 0. The Kier molecular flexibility index (Phi) is 1310000. The van der Waals surface area contributed by atoms with Gasteiger partial charge in [-0.3, -0.25) is 0 Å². The van der Waals surface area contributed by atoms with Gasteiger partial charge in [0.1, 0.15) is 0 Å². The Labute approximate surface area is 90.8 Å². The van der Waals surface area contributed by atoms with Crippen LogP contribution in [0.25, 0.3) is 0 Å². The van der Waals surface area contributed by atoms with Crippen molar-refractivity contribution >= 4 is 24.8 Å². The lowest BCUT2D eigenvalue weighted by molar-refractivity contribution is 2.13. The molecule has 0 amide bonds. The van der Waals surface area contributed by atoms with Gasteiger partial charge in [0.2, 0.25) is 0 Å². The first-order valence-corrected chi connectivity index (χ1v) is 0. The van der Waals surface area contributed by atoms with Crippen LogP contribution in [0.3, 0.4) is 0 Å². The molecule has 0 spiro atoms. The van der Waals surface area contributed by atoms with E-state index in [-0.39, 0.29) is 90.4 Å². The van der Waals surface area contributed by atoms with Crippen LogP contribution in [0.5, 0.6) is 0 Å². The Bertz CT molecular complexity index is 12.1. The molecule has 0 aliphatic carbocycles. The van der Waals surface area contributed by atoms with Crippen molar-refractivity contribution in [1.82, 2.24) is 6.15 Å². The fraction of sp³-hybridized carbons (Fsp3) is 1.00. The Morgan fingerprint density at radius 3 is 0.273 bits per heavy atom. The van der Waals surface area contributed by atoms with Gasteiger partial charge in [0, 0.05) is 0 Å². The van der Waals surface area contributed by atoms with Crippen molar-refractivity contribution in [2.24, 2.45) is 0 Å². The van der Waals surface area contributed by atoms with E-state index in [9.17, 15) is 0 Å². The van der Waals surface area contributed by atoms with Gasteiger partial charge in [0.05, 0.1) is 0 Å². The smallest absolute Gasteiger partial charge is 0.0776 e. The maximum atomic E-state index is 0. The summed E-state index contributed by atoms with van der Waals surface area (Å²) in [5, 5.41) is 0. The van der Waals surface area contributed by atoms with E-state index in [1.807, 2.05) is 0 Å². The quantitative estimate of drug-likeness (QED) is 0.524. The fourth-order valence-corrected chi connectivity index (χ4v) is 0. The van der Waals surface area contributed by atoms with Gasteiger partial charge in [-0.25, -0.2) is 0 Å². The van der Waals surface area contributed by atoms with E-state index in [0.29, 0.717) is 0 Å². The van der Waals surface area contributed by atoms with Crippen molar-refractivity contribution in [2.45, 2.75) is 59.4 Å². The highest BCUT2D eigenvalue weighted by atomic mass is 35.5. The zero-order chi connectivity index (χ0) is 0. The number of halogens is 2. The molecule has 0 aromatic rings. The minimum atomic E-state index is 0. The molecule has 0 bridgehead atoms. The third-order valence-electron chi connectivity index (χ3n) is 0. The predicted octanol–water partition coefficient (Wildman–Crippen LogP) is 6.09. The molecule has 0 atom stereocenters. The lowest BCUT2D eigenvalue weighted by Gasteiger charge is -0.344. The van der Waals surface area contributed by atoms with E-state index >= 15 is 0 Å². The Balaban J connectivity index is 0. The van der Waals surface area contributed by atoms with E-state index in [1.165, 1.54) is 0 Å². The Morgan fingerprint density at radius 1 is 0.273 bits per heavy atom. The van der Waals surface area contributed by atoms with Crippen LogP contribution in [0.2, 0.25) is 0 Å². The summed E-state index contributed by atoms with van der Waals surface area (Å²) in [6.45, 7) is 0. The summed E-state index contributed by atoms with van der Waals surface area (Å²) in [4.78, 5) is 0. The van der Waals surface area contributed by atoms with E-state index < -0.39 is 0 Å². The predicted molar refractivity (Wildman–Crippen MR) is 73.4 cm³/mol. The van der Waals surface area contributed by atoms with Gasteiger partial charge in [-0.15, -0.1) is 24.8 Å². The molecule has 3 N–H and O–H groups in total. The molecular weight excluding hydrogens is 181 g/mol. The van der Waals surface area contributed by atoms with E-state index in [1.54, 1.807) is 0 Å². The van der Waals surface area contributed by atoms with Gasteiger partial charge in [0.15, 0.2) is 0 Å². The molecule has 11 heavy (non-hydrogen) atoms. The molecule has 0 heterocycles. The molecule has 0 saturated heterocycles. The van der Waals surface area contributed by atoms with Crippen molar-refractivity contribution in [3.63, 3.8) is 0 Å². The van der Waals surface area contributed by atoms with Crippen molar-refractivity contribution < 1.29 is 0 Å². The highest BCUT2D eigenvalue weighted by Gasteiger charge is -0.0703. The van der Waals surface area contributed by atoms with Crippen molar-refractivity contribution in [1.29, 1.82) is 0 Å². The summed E-state index contributed by atoms with van der Waals surface area (Å²) in [6.07, 6.45) is 0. The summed E-state index contributed by atoms with van der Waals surface area (Å²) in [7, 11) is 0. The molecule has 3 heteroatoms. The lowest BCUT2D eigenvalue weighted by atomic mass is 12.0. The number of rotatable bonds is 0. The standard InChI is InChI=1S/8CH4.2ClH.H3N/h8*1H4;2*1H;1H3. The average molecular weight is 218 g/mol. The second-order valence-electron chi connectivity index (χ2n) is 0. The molecule has 0 saturated carbocycles. The highest BCUT2D eigenvalue weighted by Crippen LogP contribution is 0.691. The zero-order valence-corrected chi connectivity index (χ0v) is 3.16. The van der Waals surface area contributed by atoms with E-state index in [0.717, 1.165) is 0 Å². The molecule has 0 aliphatic rings.